The number of sulfone groups is 1. The molecule has 2 fully saturated rings. The Balaban J connectivity index is 1.97. The highest BCUT2D eigenvalue weighted by molar-refractivity contribution is 7.90. The highest BCUT2D eigenvalue weighted by Crippen LogP contribution is 2.34. The Labute approximate surface area is 134 Å². The molecule has 0 unspecified atom stereocenters. The Morgan fingerprint density at radius 1 is 1.00 bits per heavy atom. The first-order chi connectivity index (χ1) is 10.4. The van der Waals surface area contributed by atoms with Crippen LogP contribution in [0, 0.1) is 5.92 Å². The number of nitrogens with zero attached hydrogens (tertiary/aromatic N) is 2. The molecule has 0 aromatic heterocycles. The van der Waals surface area contributed by atoms with E-state index in [1.807, 2.05) is 6.07 Å². The molecule has 2 saturated heterocycles. The minimum absolute atomic E-state index is 0.477. The second kappa shape index (κ2) is 6.11. The summed E-state index contributed by atoms with van der Waals surface area (Å²) in [4.78, 5) is 5.10. The lowest BCUT2D eigenvalue weighted by molar-refractivity contribution is 0.437. The summed E-state index contributed by atoms with van der Waals surface area (Å²) in [6, 6.07) is 5.87. The van der Waals surface area contributed by atoms with Crippen LogP contribution in [-0.2, 0) is 9.84 Å². The molecule has 2 aliphatic rings. The van der Waals surface area contributed by atoms with Gasteiger partial charge in [0.05, 0.1) is 10.6 Å². The van der Waals surface area contributed by atoms with Gasteiger partial charge in [0, 0.05) is 38.1 Å². The van der Waals surface area contributed by atoms with Gasteiger partial charge in [-0.05, 0) is 49.8 Å². The third-order valence-electron chi connectivity index (χ3n) is 4.94. The van der Waals surface area contributed by atoms with Gasteiger partial charge >= 0.3 is 0 Å². The van der Waals surface area contributed by atoms with E-state index in [-0.39, 0.29) is 0 Å². The molecule has 0 atom stereocenters. The monoisotopic (exact) mass is 322 g/mol. The van der Waals surface area contributed by atoms with Crippen molar-refractivity contribution in [2.75, 3.05) is 42.2 Å². The van der Waals surface area contributed by atoms with Crippen LogP contribution in [0.3, 0.4) is 0 Å². The zero-order valence-corrected chi connectivity index (χ0v) is 14.4. The van der Waals surface area contributed by atoms with Crippen LogP contribution in [-0.4, -0.2) is 40.9 Å². The van der Waals surface area contributed by atoms with Crippen LogP contribution >= 0.6 is 0 Å². The lowest BCUT2D eigenvalue weighted by Gasteiger charge is -2.34. The maximum atomic E-state index is 12.2. The number of hydrogen-bond donors (Lipinski definition) is 0. The van der Waals surface area contributed by atoms with Crippen LogP contribution in [0.4, 0.5) is 11.4 Å². The van der Waals surface area contributed by atoms with Crippen LogP contribution in [0.15, 0.2) is 23.1 Å². The second-order valence-electron chi connectivity index (χ2n) is 6.79. The molecule has 5 heteroatoms. The topological polar surface area (TPSA) is 40.6 Å². The zero-order chi connectivity index (χ0) is 15.7. The summed E-state index contributed by atoms with van der Waals surface area (Å²) in [6.45, 7) is 6.33. The largest absolute Gasteiger partial charge is 0.371 e. The van der Waals surface area contributed by atoms with E-state index >= 15 is 0 Å². The fraction of sp³-hybridized carbons (Fsp3) is 0.647. The van der Waals surface area contributed by atoms with E-state index in [4.69, 9.17) is 0 Å². The minimum atomic E-state index is -3.20. The molecule has 0 radical (unpaired) electrons. The van der Waals surface area contributed by atoms with Crippen LogP contribution in [0.1, 0.15) is 32.6 Å². The molecular formula is C17H26N2O2S. The van der Waals surface area contributed by atoms with E-state index < -0.39 is 9.84 Å². The maximum Gasteiger partial charge on any atom is 0.177 e. The van der Waals surface area contributed by atoms with Crippen molar-refractivity contribution in [1.82, 2.24) is 0 Å². The predicted octanol–water partition coefficient (Wildman–Crippen LogP) is 2.93. The number of anilines is 2. The summed E-state index contributed by atoms with van der Waals surface area (Å²) in [5.74, 6) is 0.736. The predicted molar refractivity (Wildman–Crippen MR) is 91.6 cm³/mol. The third kappa shape index (κ3) is 3.24. The standard InChI is InChI=1S/C17H26N2O2S/c1-14-7-11-19(12-8-14)16-13-15(18-9-3-4-10-18)5-6-17(16)22(2,20)21/h5-6,13-14H,3-4,7-12H2,1-2H3. The Hall–Kier alpha value is -1.23. The van der Waals surface area contributed by atoms with Crippen LogP contribution < -0.4 is 9.80 Å². The number of piperidine rings is 1. The van der Waals surface area contributed by atoms with Crippen molar-refractivity contribution < 1.29 is 8.42 Å². The van der Waals surface area contributed by atoms with Crippen LogP contribution in [0.5, 0.6) is 0 Å². The van der Waals surface area contributed by atoms with Gasteiger partial charge in [0.15, 0.2) is 9.84 Å². The molecule has 0 amide bonds. The summed E-state index contributed by atoms with van der Waals surface area (Å²) in [7, 11) is -3.20. The van der Waals surface area contributed by atoms with Gasteiger partial charge in [0.25, 0.3) is 0 Å². The molecule has 0 bridgehead atoms. The van der Waals surface area contributed by atoms with E-state index in [9.17, 15) is 8.42 Å². The van der Waals surface area contributed by atoms with Gasteiger partial charge in [-0.1, -0.05) is 6.92 Å². The van der Waals surface area contributed by atoms with Gasteiger partial charge in [0.1, 0.15) is 0 Å². The van der Waals surface area contributed by atoms with Crippen molar-refractivity contribution in [3.8, 4) is 0 Å². The number of rotatable bonds is 3. The van der Waals surface area contributed by atoms with Crippen molar-refractivity contribution in [1.29, 1.82) is 0 Å². The van der Waals surface area contributed by atoms with Gasteiger partial charge in [-0.15, -0.1) is 0 Å². The third-order valence-corrected chi connectivity index (χ3v) is 6.08. The molecule has 0 aliphatic carbocycles. The molecule has 0 N–H and O–H groups in total. The normalized spacial score (nSPS) is 20.6. The van der Waals surface area contributed by atoms with Gasteiger partial charge in [0.2, 0.25) is 0 Å². The molecule has 2 aliphatic heterocycles. The second-order valence-corrected chi connectivity index (χ2v) is 8.77. The molecule has 3 rings (SSSR count). The maximum absolute atomic E-state index is 12.2. The number of benzene rings is 1. The highest BCUT2D eigenvalue weighted by atomic mass is 32.2. The van der Waals surface area contributed by atoms with Crippen molar-refractivity contribution in [2.24, 2.45) is 5.92 Å². The van der Waals surface area contributed by atoms with Crippen molar-refractivity contribution in [3.63, 3.8) is 0 Å². The first kappa shape index (κ1) is 15.7. The summed E-state index contributed by atoms with van der Waals surface area (Å²) < 4.78 is 24.3. The van der Waals surface area contributed by atoms with E-state index in [2.05, 4.69) is 22.8 Å². The lowest BCUT2D eigenvalue weighted by atomic mass is 9.99. The SMILES string of the molecule is CC1CCN(c2cc(N3CCCC3)ccc2S(C)(=O)=O)CC1. The van der Waals surface area contributed by atoms with Crippen molar-refractivity contribution in [3.05, 3.63) is 18.2 Å². The minimum Gasteiger partial charge on any atom is -0.371 e. The quantitative estimate of drug-likeness (QED) is 0.858. The average Bonchev–Trinajstić information content (AvgIpc) is 3.01. The zero-order valence-electron chi connectivity index (χ0n) is 13.6. The number of hydrogen-bond acceptors (Lipinski definition) is 4. The van der Waals surface area contributed by atoms with Crippen molar-refractivity contribution in [2.45, 2.75) is 37.5 Å². The molecule has 0 saturated carbocycles. The van der Waals surface area contributed by atoms with Gasteiger partial charge in [-0.2, -0.15) is 0 Å². The first-order valence-corrected chi connectivity index (χ1v) is 10.2. The smallest absolute Gasteiger partial charge is 0.177 e. The molecule has 122 valence electrons. The Morgan fingerprint density at radius 3 is 2.23 bits per heavy atom. The molecule has 22 heavy (non-hydrogen) atoms. The van der Waals surface area contributed by atoms with E-state index in [0.29, 0.717) is 4.90 Å². The summed E-state index contributed by atoms with van der Waals surface area (Å²) in [5.41, 5.74) is 2.07. The molecule has 4 nitrogen and oxygen atoms in total. The Bertz CT molecular complexity index is 628. The van der Waals surface area contributed by atoms with Gasteiger partial charge in [-0.25, -0.2) is 8.42 Å². The van der Waals surface area contributed by atoms with Gasteiger partial charge < -0.3 is 9.80 Å². The van der Waals surface area contributed by atoms with Crippen LogP contribution in [0.2, 0.25) is 0 Å². The molecule has 1 aromatic carbocycles. The molecule has 1 aromatic rings. The van der Waals surface area contributed by atoms with E-state index in [1.165, 1.54) is 24.8 Å². The first-order valence-electron chi connectivity index (χ1n) is 8.29. The fourth-order valence-corrected chi connectivity index (χ4v) is 4.37. The van der Waals surface area contributed by atoms with Crippen molar-refractivity contribution >= 4 is 21.2 Å². The Morgan fingerprint density at radius 2 is 1.64 bits per heavy atom. The lowest BCUT2D eigenvalue weighted by Crippen LogP contribution is -2.34. The Kier molecular flexibility index (Phi) is 4.35. The fourth-order valence-electron chi connectivity index (χ4n) is 3.49. The highest BCUT2D eigenvalue weighted by Gasteiger charge is 2.24. The van der Waals surface area contributed by atoms with Crippen LogP contribution in [0.25, 0.3) is 0 Å². The van der Waals surface area contributed by atoms with E-state index in [0.717, 1.165) is 50.6 Å². The average molecular weight is 322 g/mol. The summed E-state index contributed by atoms with van der Waals surface area (Å²) >= 11 is 0. The summed E-state index contributed by atoms with van der Waals surface area (Å²) in [6.07, 6.45) is 6.04. The van der Waals surface area contributed by atoms with Gasteiger partial charge in [-0.3, -0.25) is 0 Å². The molecular weight excluding hydrogens is 296 g/mol. The molecule has 2 heterocycles. The molecule has 0 spiro atoms. The van der Waals surface area contributed by atoms with E-state index in [1.54, 1.807) is 6.07 Å². The summed E-state index contributed by atoms with van der Waals surface area (Å²) in [5, 5.41) is 0.